The molecular weight excluding hydrogens is 340 g/mol. The zero-order chi connectivity index (χ0) is 15.6. The molecule has 2 aromatic rings. The molecule has 0 fully saturated rings. The van der Waals surface area contributed by atoms with Crippen LogP contribution < -0.4 is 9.88 Å². The summed E-state index contributed by atoms with van der Waals surface area (Å²) in [4.78, 5) is -0.219. The first-order valence-corrected chi connectivity index (χ1v) is 7.96. The van der Waals surface area contributed by atoms with E-state index in [1.165, 1.54) is 36.4 Å². The van der Waals surface area contributed by atoms with E-state index in [4.69, 9.17) is 33.1 Å². The lowest BCUT2D eigenvalue weighted by Gasteiger charge is -2.11. The number of sulfonamides is 1. The van der Waals surface area contributed by atoms with E-state index in [1.54, 1.807) is 0 Å². The summed E-state index contributed by atoms with van der Waals surface area (Å²) in [5.74, 6) is -0.487. The minimum Gasteiger partial charge on any atom is -0.487 e. The van der Waals surface area contributed by atoms with Gasteiger partial charge < -0.3 is 4.74 Å². The molecule has 0 aliphatic rings. The average molecular weight is 350 g/mol. The number of benzene rings is 2. The highest BCUT2D eigenvalue weighted by Gasteiger charge is 2.16. The number of rotatable bonds is 4. The standard InChI is InChI=1S/C13H10Cl2FNO3S/c14-9-2-4-12(13(6-9)21(17,18)19)20-7-8-1-3-11(16)10(15)5-8/h1-6H,7H2,(H2,17,18,19). The van der Waals surface area contributed by atoms with Gasteiger partial charge in [0, 0.05) is 5.02 Å². The Kier molecular flexibility index (Phi) is 4.73. The molecule has 0 bridgehead atoms. The van der Waals surface area contributed by atoms with Crippen molar-refractivity contribution in [3.8, 4) is 5.75 Å². The van der Waals surface area contributed by atoms with E-state index in [-0.39, 0.29) is 27.3 Å². The molecule has 0 aliphatic carbocycles. The molecule has 0 saturated heterocycles. The maximum absolute atomic E-state index is 13.0. The van der Waals surface area contributed by atoms with Crippen LogP contribution in [0.3, 0.4) is 0 Å². The molecule has 112 valence electrons. The first kappa shape index (κ1) is 16.0. The van der Waals surface area contributed by atoms with E-state index in [0.717, 1.165) is 0 Å². The first-order valence-electron chi connectivity index (χ1n) is 5.66. The number of nitrogens with two attached hydrogens (primary N) is 1. The highest BCUT2D eigenvalue weighted by Crippen LogP contribution is 2.27. The van der Waals surface area contributed by atoms with Gasteiger partial charge in [0.1, 0.15) is 23.1 Å². The Morgan fingerprint density at radius 3 is 2.48 bits per heavy atom. The summed E-state index contributed by atoms with van der Waals surface area (Å²) in [6.45, 7) is 0.00412. The van der Waals surface area contributed by atoms with E-state index >= 15 is 0 Å². The van der Waals surface area contributed by atoms with Gasteiger partial charge in [0.25, 0.3) is 0 Å². The van der Waals surface area contributed by atoms with E-state index in [9.17, 15) is 12.8 Å². The zero-order valence-corrected chi connectivity index (χ0v) is 12.8. The molecular formula is C13H10Cl2FNO3S. The van der Waals surface area contributed by atoms with Crippen molar-refractivity contribution in [2.75, 3.05) is 0 Å². The number of hydrogen-bond acceptors (Lipinski definition) is 3. The molecule has 0 heterocycles. The van der Waals surface area contributed by atoms with Gasteiger partial charge in [0.2, 0.25) is 10.0 Å². The Labute approximate surface area is 131 Å². The van der Waals surface area contributed by atoms with Gasteiger partial charge >= 0.3 is 0 Å². The topological polar surface area (TPSA) is 69.4 Å². The number of primary sulfonamides is 1. The maximum Gasteiger partial charge on any atom is 0.241 e. The minimum absolute atomic E-state index is 0.00412. The Bertz CT molecular complexity index is 781. The SMILES string of the molecule is NS(=O)(=O)c1cc(Cl)ccc1OCc1ccc(F)c(Cl)c1. The van der Waals surface area contributed by atoms with Gasteiger partial charge in [-0.15, -0.1) is 0 Å². The van der Waals surface area contributed by atoms with Crippen LogP contribution in [0.25, 0.3) is 0 Å². The molecule has 0 atom stereocenters. The summed E-state index contributed by atoms with van der Waals surface area (Å²) >= 11 is 11.4. The van der Waals surface area contributed by atoms with Crippen molar-refractivity contribution in [3.05, 3.63) is 57.8 Å². The Hall–Kier alpha value is -1.34. The van der Waals surface area contributed by atoms with Gasteiger partial charge in [-0.1, -0.05) is 29.3 Å². The van der Waals surface area contributed by atoms with Crippen LogP contribution in [0.15, 0.2) is 41.3 Å². The van der Waals surface area contributed by atoms with E-state index in [0.29, 0.717) is 5.56 Å². The van der Waals surface area contributed by atoms with Crippen LogP contribution in [0.1, 0.15) is 5.56 Å². The lowest BCUT2D eigenvalue weighted by Crippen LogP contribution is -2.14. The largest absolute Gasteiger partial charge is 0.487 e. The van der Waals surface area contributed by atoms with Crippen LogP contribution >= 0.6 is 23.2 Å². The molecule has 0 spiro atoms. The Balaban J connectivity index is 2.26. The lowest BCUT2D eigenvalue weighted by atomic mass is 10.2. The fraction of sp³-hybridized carbons (Fsp3) is 0.0769. The molecule has 2 aromatic carbocycles. The Morgan fingerprint density at radius 1 is 1.14 bits per heavy atom. The number of ether oxygens (including phenoxy) is 1. The van der Waals surface area contributed by atoms with Gasteiger partial charge in [0.05, 0.1) is 5.02 Å². The van der Waals surface area contributed by atoms with Gasteiger partial charge in [-0.05, 0) is 35.9 Å². The fourth-order valence-electron chi connectivity index (χ4n) is 1.61. The van der Waals surface area contributed by atoms with Crippen LogP contribution in [-0.2, 0) is 16.6 Å². The summed E-state index contributed by atoms with van der Waals surface area (Å²) in [5, 5.41) is 5.28. The number of hydrogen-bond donors (Lipinski definition) is 1. The molecule has 21 heavy (non-hydrogen) atoms. The molecule has 2 rings (SSSR count). The summed E-state index contributed by atoms with van der Waals surface area (Å²) < 4.78 is 41.4. The maximum atomic E-state index is 13.0. The van der Waals surface area contributed by atoms with Crippen molar-refractivity contribution >= 4 is 33.2 Å². The third kappa shape index (κ3) is 4.07. The first-order chi connectivity index (χ1) is 9.77. The summed E-state index contributed by atoms with van der Waals surface area (Å²) in [6, 6.07) is 8.14. The molecule has 0 saturated carbocycles. The van der Waals surface area contributed by atoms with Crippen LogP contribution in [0.2, 0.25) is 10.0 Å². The molecule has 4 nitrogen and oxygen atoms in total. The minimum atomic E-state index is -3.97. The van der Waals surface area contributed by atoms with E-state index in [2.05, 4.69) is 0 Å². The van der Waals surface area contributed by atoms with Crippen molar-refractivity contribution < 1.29 is 17.5 Å². The third-order valence-electron chi connectivity index (χ3n) is 2.59. The van der Waals surface area contributed by atoms with Crippen molar-refractivity contribution in [2.45, 2.75) is 11.5 Å². The summed E-state index contributed by atoms with van der Waals surface area (Å²) in [7, 11) is -3.97. The molecule has 0 radical (unpaired) electrons. The second-order valence-corrected chi connectivity index (χ2v) is 6.55. The fourth-order valence-corrected chi connectivity index (χ4v) is 2.75. The zero-order valence-electron chi connectivity index (χ0n) is 10.5. The summed E-state index contributed by atoms with van der Waals surface area (Å²) in [5.41, 5.74) is 0.580. The van der Waals surface area contributed by atoms with E-state index in [1.807, 2.05) is 0 Å². The van der Waals surface area contributed by atoms with Gasteiger partial charge in [-0.25, -0.2) is 17.9 Å². The molecule has 8 heteroatoms. The quantitative estimate of drug-likeness (QED) is 0.919. The lowest BCUT2D eigenvalue weighted by molar-refractivity contribution is 0.298. The van der Waals surface area contributed by atoms with Crippen molar-refractivity contribution in [2.24, 2.45) is 5.14 Å². The summed E-state index contributed by atoms with van der Waals surface area (Å²) in [6.07, 6.45) is 0. The normalized spacial score (nSPS) is 11.4. The number of halogens is 3. The van der Waals surface area contributed by atoms with Crippen LogP contribution in [-0.4, -0.2) is 8.42 Å². The Morgan fingerprint density at radius 2 is 1.86 bits per heavy atom. The van der Waals surface area contributed by atoms with Crippen molar-refractivity contribution in [1.29, 1.82) is 0 Å². The van der Waals surface area contributed by atoms with Crippen molar-refractivity contribution in [1.82, 2.24) is 0 Å². The highest BCUT2D eigenvalue weighted by atomic mass is 35.5. The van der Waals surface area contributed by atoms with Crippen LogP contribution in [0.5, 0.6) is 5.75 Å². The van der Waals surface area contributed by atoms with Crippen LogP contribution in [0, 0.1) is 5.82 Å². The predicted molar refractivity (Wildman–Crippen MR) is 78.6 cm³/mol. The molecule has 0 aromatic heterocycles. The second-order valence-electron chi connectivity index (χ2n) is 4.17. The third-order valence-corrected chi connectivity index (χ3v) is 4.05. The monoisotopic (exact) mass is 349 g/mol. The van der Waals surface area contributed by atoms with E-state index < -0.39 is 15.8 Å². The predicted octanol–water partition coefficient (Wildman–Crippen LogP) is 3.36. The average Bonchev–Trinajstić information content (AvgIpc) is 2.40. The smallest absolute Gasteiger partial charge is 0.241 e. The molecule has 0 unspecified atom stereocenters. The van der Waals surface area contributed by atoms with Gasteiger partial charge in [0.15, 0.2) is 0 Å². The molecule has 0 aliphatic heterocycles. The van der Waals surface area contributed by atoms with Crippen LogP contribution in [0.4, 0.5) is 4.39 Å². The van der Waals surface area contributed by atoms with Crippen molar-refractivity contribution in [3.63, 3.8) is 0 Å². The second kappa shape index (κ2) is 6.19. The van der Waals surface area contributed by atoms with Gasteiger partial charge in [-0.3, -0.25) is 0 Å². The molecule has 2 N–H and O–H groups in total. The highest BCUT2D eigenvalue weighted by molar-refractivity contribution is 7.89. The van der Waals surface area contributed by atoms with Gasteiger partial charge in [-0.2, -0.15) is 0 Å². The molecule has 0 amide bonds.